The predicted molar refractivity (Wildman–Crippen MR) is 58.8 cm³/mol. The number of anilines is 1. The number of carbonyl (C=O) groups excluding carboxylic acids is 2. The third-order valence-electron chi connectivity index (χ3n) is 2.04. The number of aldehydes is 1. The SMILES string of the molecule is COC(=O)N(CC=O)c1ccc(OC)cc1. The van der Waals surface area contributed by atoms with E-state index in [9.17, 15) is 9.59 Å². The second-order valence-corrected chi connectivity index (χ2v) is 2.95. The van der Waals surface area contributed by atoms with E-state index in [1.54, 1.807) is 31.4 Å². The quantitative estimate of drug-likeness (QED) is 0.725. The number of benzene rings is 1. The van der Waals surface area contributed by atoms with Gasteiger partial charge in [0.05, 0.1) is 20.8 Å². The van der Waals surface area contributed by atoms with E-state index in [4.69, 9.17) is 4.74 Å². The molecule has 0 aliphatic rings. The minimum absolute atomic E-state index is 0.0427. The first kappa shape index (κ1) is 12.0. The molecule has 1 aromatic carbocycles. The van der Waals surface area contributed by atoms with Crippen LogP contribution in [0.15, 0.2) is 24.3 Å². The largest absolute Gasteiger partial charge is 0.497 e. The van der Waals surface area contributed by atoms with Crippen molar-refractivity contribution in [3.63, 3.8) is 0 Å². The maximum Gasteiger partial charge on any atom is 0.414 e. The highest BCUT2D eigenvalue weighted by Crippen LogP contribution is 2.19. The van der Waals surface area contributed by atoms with Gasteiger partial charge < -0.3 is 14.3 Å². The standard InChI is InChI=1S/C11H13NO4/c1-15-10-5-3-9(4-6-10)12(7-8-13)11(14)16-2/h3-6,8H,7H2,1-2H3. The monoisotopic (exact) mass is 223 g/mol. The van der Waals surface area contributed by atoms with Gasteiger partial charge in [-0.3, -0.25) is 4.90 Å². The molecule has 0 heterocycles. The lowest BCUT2D eigenvalue weighted by Crippen LogP contribution is -2.32. The first-order valence-corrected chi connectivity index (χ1v) is 4.66. The average molecular weight is 223 g/mol. The van der Waals surface area contributed by atoms with Crippen LogP contribution in [0, 0.1) is 0 Å². The Morgan fingerprint density at radius 2 is 1.94 bits per heavy atom. The molecule has 0 atom stereocenters. The van der Waals surface area contributed by atoms with E-state index in [-0.39, 0.29) is 6.54 Å². The Hall–Kier alpha value is -2.04. The van der Waals surface area contributed by atoms with Crippen LogP contribution < -0.4 is 9.64 Å². The zero-order valence-corrected chi connectivity index (χ0v) is 9.17. The van der Waals surface area contributed by atoms with E-state index in [1.807, 2.05) is 0 Å². The fraction of sp³-hybridized carbons (Fsp3) is 0.273. The van der Waals surface area contributed by atoms with E-state index in [0.29, 0.717) is 17.7 Å². The predicted octanol–water partition coefficient (Wildman–Crippen LogP) is 1.47. The summed E-state index contributed by atoms with van der Waals surface area (Å²) in [5, 5.41) is 0. The lowest BCUT2D eigenvalue weighted by Gasteiger charge is -2.18. The van der Waals surface area contributed by atoms with Crippen molar-refractivity contribution in [2.75, 3.05) is 25.7 Å². The Labute approximate surface area is 93.6 Å². The molecule has 0 unspecified atom stereocenters. The zero-order chi connectivity index (χ0) is 12.0. The highest BCUT2D eigenvalue weighted by molar-refractivity contribution is 5.90. The molecule has 0 saturated heterocycles. The Bertz CT molecular complexity index is 361. The number of rotatable bonds is 4. The molecule has 0 fully saturated rings. The molecule has 0 N–H and O–H groups in total. The molecule has 86 valence electrons. The van der Waals surface area contributed by atoms with Crippen molar-refractivity contribution in [1.29, 1.82) is 0 Å². The van der Waals surface area contributed by atoms with E-state index < -0.39 is 6.09 Å². The first-order valence-electron chi connectivity index (χ1n) is 4.66. The molecule has 5 heteroatoms. The van der Waals surface area contributed by atoms with Crippen LogP contribution in [0.2, 0.25) is 0 Å². The number of hydrogen-bond donors (Lipinski definition) is 0. The molecular formula is C11H13NO4. The number of carbonyl (C=O) groups is 2. The molecule has 0 radical (unpaired) electrons. The molecule has 0 aliphatic heterocycles. The van der Waals surface area contributed by atoms with Crippen molar-refractivity contribution >= 4 is 18.1 Å². The van der Waals surface area contributed by atoms with Crippen molar-refractivity contribution in [3.05, 3.63) is 24.3 Å². The number of ether oxygens (including phenoxy) is 2. The summed E-state index contributed by atoms with van der Waals surface area (Å²) in [7, 11) is 2.82. The van der Waals surface area contributed by atoms with Gasteiger partial charge in [-0.15, -0.1) is 0 Å². The van der Waals surface area contributed by atoms with Crippen LogP contribution in [0.1, 0.15) is 0 Å². The van der Waals surface area contributed by atoms with Gasteiger partial charge in [-0.05, 0) is 24.3 Å². The Kier molecular flexibility index (Phi) is 4.32. The van der Waals surface area contributed by atoms with Gasteiger partial charge in [0.25, 0.3) is 0 Å². The summed E-state index contributed by atoms with van der Waals surface area (Å²) in [6.07, 6.45) is 0.0681. The van der Waals surface area contributed by atoms with Crippen molar-refractivity contribution in [1.82, 2.24) is 0 Å². The maximum atomic E-state index is 11.4. The van der Waals surface area contributed by atoms with Crippen LogP contribution in [0.5, 0.6) is 5.75 Å². The summed E-state index contributed by atoms with van der Waals surface area (Å²) >= 11 is 0. The fourth-order valence-electron chi connectivity index (χ4n) is 1.23. The Morgan fingerprint density at radius 3 is 2.38 bits per heavy atom. The van der Waals surface area contributed by atoms with Crippen LogP contribution >= 0.6 is 0 Å². The van der Waals surface area contributed by atoms with Crippen molar-refractivity contribution in [3.8, 4) is 5.75 Å². The van der Waals surface area contributed by atoms with Crippen molar-refractivity contribution < 1.29 is 19.1 Å². The third kappa shape index (κ3) is 2.73. The molecule has 5 nitrogen and oxygen atoms in total. The van der Waals surface area contributed by atoms with E-state index >= 15 is 0 Å². The summed E-state index contributed by atoms with van der Waals surface area (Å²) in [6.45, 7) is -0.0427. The van der Waals surface area contributed by atoms with E-state index in [1.165, 1.54) is 12.0 Å². The fourth-order valence-corrected chi connectivity index (χ4v) is 1.23. The molecule has 0 aliphatic carbocycles. The minimum atomic E-state index is -0.572. The molecule has 1 amide bonds. The summed E-state index contributed by atoms with van der Waals surface area (Å²) in [6, 6.07) is 6.77. The highest BCUT2D eigenvalue weighted by atomic mass is 16.5. The average Bonchev–Trinajstić information content (AvgIpc) is 2.35. The van der Waals surface area contributed by atoms with Gasteiger partial charge in [0.15, 0.2) is 0 Å². The first-order chi connectivity index (χ1) is 7.72. The zero-order valence-electron chi connectivity index (χ0n) is 9.17. The number of nitrogens with zero attached hydrogens (tertiary/aromatic N) is 1. The Balaban J connectivity index is 2.91. The molecular weight excluding hydrogens is 210 g/mol. The summed E-state index contributed by atoms with van der Waals surface area (Å²) in [5.74, 6) is 0.680. The van der Waals surface area contributed by atoms with Gasteiger partial charge >= 0.3 is 6.09 Å². The molecule has 1 rings (SSSR count). The molecule has 0 aromatic heterocycles. The Morgan fingerprint density at radius 1 is 1.31 bits per heavy atom. The topological polar surface area (TPSA) is 55.8 Å². The normalized spacial score (nSPS) is 9.38. The molecule has 16 heavy (non-hydrogen) atoms. The van der Waals surface area contributed by atoms with Gasteiger partial charge in [0.1, 0.15) is 12.0 Å². The van der Waals surface area contributed by atoms with Crippen molar-refractivity contribution in [2.45, 2.75) is 0 Å². The third-order valence-corrected chi connectivity index (χ3v) is 2.04. The van der Waals surface area contributed by atoms with Crippen LogP contribution in [0.25, 0.3) is 0 Å². The molecule has 0 saturated carbocycles. The van der Waals surface area contributed by atoms with Crippen LogP contribution in [-0.2, 0) is 9.53 Å². The smallest absolute Gasteiger partial charge is 0.414 e. The number of amides is 1. The van der Waals surface area contributed by atoms with Gasteiger partial charge in [-0.2, -0.15) is 0 Å². The molecule has 0 spiro atoms. The summed E-state index contributed by atoms with van der Waals surface area (Å²) in [4.78, 5) is 23.1. The van der Waals surface area contributed by atoms with Crippen molar-refractivity contribution in [2.24, 2.45) is 0 Å². The van der Waals surface area contributed by atoms with Crippen LogP contribution in [0.3, 0.4) is 0 Å². The van der Waals surface area contributed by atoms with Gasteiger partial charge in [0, 0.05) is 5.69 Å². The number of methoxy groups -OCH3 is 2. The second kappa shape index (κ2) is 5.75. The van der Waals surface area contributed by atoms with Gasteiger partial charge in [0.2, 0.25) is 0 Å². The van der Waals surface area contributed by atoms with Gasteiger partial charge in [-0.25, -0.2) is 4.79 Å². The van der Waals surface area contributed by atoms with E-state index in [0.717, 1.165) is 0 Å². The number of hydrogen-bond acceptors (Lipinski definition) is 4. The highest BCUT2D eigenvalue weighted by Gasteiger charge is 2.15. The molecule has 0 bridgehead atoms. The minimum Gasteiger partial charge on any atom is -0.497 e. The lowest BCUT2D eigenvalue weighted by molar-refractivity contribution is -0.106. The maximum absolute atomic E-state index is 11.4. The molecule has 1 aromatic rings. The van der Waals surface area contributed by atoms with E-state index in [2.05, 4.69) is 4.74 Å². The van der Waals surface area contributed by atoms with Gasteiger partial charge in [-0.1, -0.05) is 0 Å². The van der Waals surface area contributed by atoms with Crippen LogP contribution in [-0.4, -0.2) is 33.1 Å². The second-order valence-electron chi connectivity index (χ2n) is 2.95. The summed E-state index contributed by atoms with van der Waals surface area (Å²) in [5.41, 5.74) is 0.583. The summed E-state index contributed by atoms with van der Waals surface area (Å²) < 4.78 is 9.56. The van der Waals surface area contributed by atoms with Crippen LogP contribution in [0.4, 0.5) is 10.5 Å². The lowest BCUT2D eigenvalue weighted by atomic mass is 10.3.